The van der Waals surface area contributed by atoms with Crippen molar-refractivity contribution in [1.82, 2.24) is 5.32 Å². The molecule has 0 radical (unpaired) electrons. The Labute approximate surface area is 111 Å². The Morgan fingerprint density at radius 2 is 1.78 bits per heavy atom. The number of rotatable bonds is 4. The zero-order valence-corrected chi connectivity index (χ0v) is 12.0. The Balaban J connectivity index is 1.71. The van der Waals surface area contributed by atoms with E-state index in [2.05, 4.69) is 5.32 Å². The minimum absolute atomic E-state index is 0.296. The molecule has 3 nitrogen and oxygen atoms in total. The average Bonchev–Trinajstić information content (AvgIpc) is 3.11. The van der Waals surface area contributed by atoms with Gasteiger partial charge in [-0.15, -0.1) is 0 Å². The molecule has 2 saturated carbocycles. The van der Waals surface area contributed by atoms with Crippen LogP contribution in [0.3, 0.4) is 0 Å². The van der Waals surface area contributed by atoms with Crippen LogP contribution in [0.1, 0.15) is 51.4 Å². The van der Waals surface area contributed by atoms with E-state index in [1.54, 1.807) is 0 Å². The molecule has 104 valence electrons. The lowest BCUT2D eigenvalue weighted by Crippen LogP contribution is -2.43. The molecule has 3 rings (SSSR count). The molecule has 1 unspecified atom stereocenters. The Morgan fingerprint density at radius 3 is 2.33 bits per heavy atom. The summed E-state index contributed by atoms with van der Waals surface area (Å²) in [5.74, 6) is 1.32. The van der Waals surface area contributed by atoms with Crippen molar-refractivity contribution in [2.45, 2.75) is 57.4 Å². The van der Waals surface area contributed by atoms with Gasteiger partial charge in [-0.1, -0.05) is 19.3 Å². The summed E-state index contributed by atoms with van der Waals surface area (Å²) in [5, 5.41) is 3.68. The third-order valence-electron chi connectivity index (χ3n) is 5.27. The summed E-state index contributed by atoms with van der Waals surface area (Å²) < 4.78 is 23.5. The summed E-state index contributed by atoms with van der Waals surface area (Å²) in [4.78, 5) is 0. The van der Waals surface area contributed by atoms with Gasteiger partial charge in [-0.3, -0.25) is 0 Å². The van der Waals surface area contributed by atoms with Crippen LogP contribution < -0.4 is 5.32 Å². The van der Waals surface area contributed by atoms with Crippen molar-refractivity contribution in [1.29, 1.82) is 0 Å². The molecule has 0 aromatic heterocycles. The molecular weight excluding hydrogens is 246 g/mol. The van der Waals surface area contributed by atoms with E-state index in [-0.39, 0.29) is 0 Å². The van der Waals surface area contributed by atoms with Gasteiger partial charge in [0.25, 0.3) is 0 Å². The fourth-order valence-corrected chi connectivity index (χ4v) is 5.84. The first-order chi connectivity index (χ1) is 8.60. The molecule has 0 bridgehead atoms. The maximum absolute atomic E-state index is 11.8. The number of hydrogen-bond donors (Lipinski definition) is 1. The number of nitrogens with one attached hydrogen (secondary N) is 1. The predicted octanol–water partition coefficient (Wildman–Crippen LogP) is 2.12. The van der Waals surface area contributed by atoms with Crippen molar-refractivity contribution in [2.75, 3.05) is 18.1 Å². The highest BCUT2D eigenvalue weighted by Crippen LogP contribution is 2.46. The summed E-state index contributed by atoms with van der Waals surface area (Å²) in [6.45, 7) is 1.07. The third kappa shape index (κ3) is 2.74. The molecule has 18 heavy (non-hydrogen) atoms. The third-order valence-corrected chi connectivity index (χ3v) is 7.04. The largest absolute Gasteiger partial charge is 0.313 e. The molecule has 0 aromatic carbocycles. The first-order valence-electron chi connectivity index (χ1n) is 7.54. The Hall–Kier alpha value is -0.0900. The Morgan fingerprint density at radius 1 is 1.06 bits per heavy atom. The van der Waals surface area contributed by atoms with E-state index in [0.29, 0.717) is 22.8 Å². The highest BCUT2D eigenvalue weighted by atomic mass is 32.2. The van der Waals surface area contributed by atoms with Crippen molar-refractivity contribution in [3.63, 3.8) is 0 Å². The topological polar surface area (TPSA) is 46.2 Å². The summed E-state index contributed by atoms with van der Waals surface area (Å²) in [6, 6.07) is 0.738. The molecule has 1 heterocycles. The van der Waals surface area contributed by atoms with Crippen molar-refractivity contribution >= 4 is 9.84 Å². The Kier molecular flexibility index (Phi) is 3.43. The second-order valence-corrected chi connectivity index (χ2v) is 8.91. The van der Waals surface area contributed by atoms with Crippen LogP contribution in [0.15, 0.2) is 0 Å². The first kappa shape index (κ1) is 12.9. The molecule has 1 saturated heterocycles. The molecule has 3 aliphatic rings. The number of hydrogen-bond acceptors (Lipinski definition) is 3. The van der Waals surface area contributed by atoms with Crippen LogP contribution in [-0.2, 0) is 9.84 Å². The summed E-state index contributed by atoms with van der Waals surface area (Å²) in [7, 11) is -2.73. The van der Waals surface area contributed by atoms with E-state index in [1.165, 1.54) is 44.9 Å². The predicted molar refractivity (Wildman–Crippen MR) is 73.3 cm³/mol. The van der Waals surface area contributed by atoms with Gasteiger partial charge in [-0.05, 0) is 43.4 Å². The van der Waals surface area contributed by atoms with Crippen molar-refractivity contribution in [3.05, 3.63) is 0 Å². The van der Waals surface area contributed by atoms with Gasteiger partial charge in [0.2, 0.25) is 0 Å². The van der Waals surface area contributed by atoms with E-state index in [4.69, 9.17) is 0 Å². The van der Waals surface area contributed by atoms with Gasteiger partial charge in [0.15, 0.2) is 9.84 Å². The zero-order valence-electron chi connectivity index (χ0n) is 11.2. The maximum Gasteiger partial charge on any atom is 0.150 e. The van der Waals surface area contributed by atoms with E-state index >= 15 is 0 Å². The molecular formula is C14H25NO2S. The second kappa shape index (κ2) is 4.78. The highest BCUT2D eigenvalue weighted by molar-refractivity contribution is 7.91. The van der Waals surface area contributed by atoms with Crippen LogP contribution in [0, 0.1) is 11.3 Å². The number of sulfone groups is 1. The molecule has 1 atom stereocenters. The smallest absolute Gasteiger partial charge is 0.150 e. The maximum atomic E-state index is 11.8. The minimum Gasteiger partial charge on any atom is -0.313 e. The average molecular weight is 271 g/mol. The molecule has 2 aliphatic carbocycles. The monoisotopic (exact) mass is 271 g/mol. The summed E-state index contributed by atoms with van der Waals surface area (Å²) in [6.07, 6.45) is 9.96. The van der Waals surface area contributed by atoms with Gasteiger partial charge in [-0.2, -0.15) is 0 Å². The van der Waals surface area contributed by atoms with Crippen LogP contribution in [0.2, 0.25) is 0 Å². The lowest BCUT2D eigenvalue weighted by atomic mass is 9.65. The van der Waals surface area contributed by atoms with Gasteiger partial charge >= 0.3 is 0 Å². The van der Waals surface area contributed by atoms with Gasteiger partial charge in [0.1, 0.15) is 0 Å². The van der Waals surface area contributed by atoms with Gasteiger partial charge in [0, 0.05) is 12.6 Å². The van der Waals surface area contributed by atoms with Crippen molar-refractivity contribution in [3.8, 4) is 0 Å². The van der Waals surface area contributed by atoms with Gasteiger partial charge in [-0.25, -0.2) is 8.42 Å². The first-order valence-corrected chi connectivity index (χ1v) is 9.36. The van der Waals surface area contributed by atoms with Crippen molar-refractivity contribution < 1.29 is 8.42 Å². The van der Waals surface area contributed by atoms with E-state index in [9.17, 15) is 8.42 Å². The summed E-state index contributed by atoms with van der Waals surface area (Å²) in [5.41, 5.74) is 0.296. The minimum atomic E-state index is -2.73. The second-order valence-electron chi connectivity index (χ2n) is 6.68. The standard InChI is InChI=1S/C14H25NO2S/c16-18(17)9-6-12(10-18)14(7-2-1-3-8-14)11-15-13-4-5-13/h12-13,15H,1-11H2. The lowest BCUT2D eigenvalue weighted by Gasteiger charge is -2.42. The normalized spacial score (nSPS) is 34.6. The zero-order chi connectivity index (χ0) is 12.6. The van der Waals surface area contributed by atoms with Gasteiger partial charge in [0.05, 0.1) is 11.5 Å². The quantitative estimate of drug-likeness (QED) is 0.852. The van der Waals surface area contributed by atoms with Gasteiger partial charge < -0.3 is 5.32 Å². The van der Waals surface area contributed by atoms with E-state index in [0.717, 1.165) is 19.0 Å². The molecule has 3 fully saturated rings. The Bertz CT molecular complexity index is 394. The van der Waals surface area contributed by atoms with E-state index in [1.807, 2.05) is 0 Å². The van der Waals surface area contributed by atoms with Crippen molar-refractivity contribution in [2.24, 2.45) is 11.3 Å². The van der Waals surface area contributed by atoms with Crippen LogP contribution in [0.5, 0.6) is 0 Å². The van der Waals surface area contributed by atoms with Crippen LogP contribution in [0.4, 0.5) is 0 Å². The molecule has 0 amide bonds. The van der Waals surface area contributed by atoms with Crippen LogP contribution >= 0.6 is 0 Å². The molecule has 0 spiro atoms. The fourth-order valence-electron chi connectivity index (χ4n) is 3.90. The summed E-state index contributed by atoms with van der Waals surface area (Å²) >= 11 is 0. The SMILES string of the molecule is O=S1(=O)CCC(C2(CNC3CC3)CCCCC2)C1. The fraction of sp³-hybridized carbons (Fsp3) is 1.00. The van der Waals surface area contributed by atoms with Crippen LogP contribution in [-0.4, -0.2) is 32.5 Å². The highest BCUT2D eigenvalue weighted by Gasteiger charge is 2.45. The molecule has 1 aliphatic heterocycles. The molecule has 1 N–H and O–H groups in total. The lowest BCUT2D eigenvalue weighted by molar-refractivity contribution is 0.108. The van der Waals surface area contributed by atoms with E-state index < -0.39 is 9.84 Å². The van der Waals surface area contributed by atoms with Crippen LogP contribution in [0.25, 0.3) is 0 Å². The molecule has 4 heteroatoms. The molecule has 0 aromatic rings.